The number of urea groups is 1. The molecule has 1 saturated heterocycles. The van der Waals surface area contributed by atoms with E-state index in [0.29, 0.717) is 18.8 Å². The van der Waals surface area contributed by atoms with Crippen molar-refractivity contribution in [1.29, 1.82) is 0 Å². The minimum atomic E-state index is -4.37. The molecule has 2 amide bonds. The number of halogens is 3. The van der Waals surface area contributed by atoms with E-state index >= 15 is 0 Å². The number of alkyl halides is 3. The Bertz CT molecular complexity index is 472. The molecule has 0 unspecified atom stereocenters. The van der Waals surface area contributed by atoms with Crippen LogP contribution < -0.4 is 26.2 Å². The van der Waals surface area contributed by atoms with Crippen molar-refractivity contribution in [2.24, 2.45) is 0 Å². The smallest absolute Gasteiger partial charge is 0.422 e. The summed E-state index contributed by atoms with van der Waals surface area (Å²) in [6.07, 6.45) is -4.37. The monoisotopic (exact) mass is 304 g/mol. The largest absolute Gasteiger partial charge is 0.484 e. The summed E-state index contributed by atoms with van der Waals surface area (Å²) in [4.78, 5) is 11.7. The SMILES string of the molecule is O=C(Nc1ccc(OCC(F)(F)F)cc1)NC1CNNC1. The fraction of sp³-hybridized carbons (Fsp3) is 0.417. The molecule has 21 heavy (non-hydrogen) atoms. The standard InChI is InChI=1S/C12H15F3N4O2/c13-12(14,15)7-21-10-3-1-8(2-4-10)18-11(20)19-9-5-16-17-6-9/h1-4,9,16-17H,5-7H2,(H2,18,19,20). The van der Waals surface area contributed by atoms with Gasteiger partial charge in [-0.25, -0.2) is 4.79 Å². The van der Waals surface area contributed by atoms with Gasteiger partial charge in [0.25, 0.3) is 0 Å². The van der Waals surface area contributed by atoms with Crippen LogP contribution in [0.15, 0.2) is 24.3 Å². The highest BCUT2D eigenvalue weighted by molar-refractivity contribution is 5.89. The van der Waals surface area contributed by atoms with E-state index in [2.05, 4.69) is 26.2 Å². The van der Waals surface area contributed by atoms with E-state index in [1.54, 1.807) is 0 Å². The second-order valence-electron chi connectivity index (χ2n) is 4.49. The molecule has 1 aromatic rings. The molecular weight excluding hydrogens is 289 g/mol. The van der Waals surface area contributed by atoms with Crippen molar-refractivity contribution in [1.82, 2.24) is 16.2 Å². The van der Waals surface area contributed by atoms with Crippen LogP contribution in [0.2, 0.25) is 0 Å². The maximum atomic E-state index is 12.0. The molecule has 0 saturated carbocycles. The van der Waals surface area contributed by atoms with E-state index in [0.717, 1.165) is 0 Å². The van der Waals surface area contributed by atoms with Gasteiger partial charge in [-0.3, -0.25) is 10.9 Å². The van der Waals surface area contributed by atoms with Crippen LogP contribution in [-0.2, 0) is 0 Å². The number of hydrogen-bond acceptors (Lipinski definition) is 4. The molecule has 1 fully saturated rings. The molecule has 4 N–H and O–H groups in total. The summed E-state index contributed by atoms with van der Waals surface area (Å²) in [5.74, 6) is 0.0856. The van der Waals surface area contributed by atoms with Gasteiger partial charge in [0.1, 0.15) is 5.75 Å². The van der Waals surface area contributed by atoms with E-state index in [1.165, 1.54) is 24.3 Å². The zero-order chi connectivity index (χ0) is 15.3. The number of hydrazine groups is 1. The van der Waals surface area contributed by atoms with Gasteiger partial charge in [0.2, 0.25) is 0 Å². The predicted octanol–water partition coefficient (Wildman–Crippen LogP) is 1.23. The minimum absolute atomic E-state index is 0.0145. The summed E-state index contributed by atoms with van der Waals surface area (Å²) in [6.45, 7) is -0.1000. The third kappa shape index (κ3) is 5.48. The van der Waals surface area contributed by atoms with Crippen LogP contribution in [0.1, 0.15) is 0 Å². The first-order valence-corrected chi connectivity index (χ1v) is 6.25. The average Bonchev–Trinajstić information content (AvgIpc) is 2.89. The van der Waals surface area contributed by atoms with Crippen LogP contribution >= 0.6 is 0 Å². The molecule has 9 heteroatoms. The molecule has 0 radical (unpaired) electrons. The molecule has 0 spiro atoms. The van der Waals surface area contributed by atoms with Crippen molar-refractivity contribution >= 4 is 11.7 Å². The number of amides is 2. The molecule has 0 atom stereocenters. The van der Waals surface area contributed by atoms with Crippen LogP contribution in [0.3, 0.4) is 0 Å². The predicted molar refractivity (Wildman–Crippen MR) is 69.9 cm³/mol. The maximum Gasteiger partial charge on any atom is 0.422 e. The van der Waals surface area contributed by atoms with Gasteiger partial charge in [-0.15, -0.1) is 0 Å². The molecule has 116 valence electrons. The maximum absolute atomic E-state index is 12.0. The Hall–Kier alpha value is -2.00. The zero-order valence-corrected chi connectivity index (χ0v) is 11.0. The summed E-state index contributed by atoms with van der Waals surface area (Å²) in [5, 5.41) is 5.32. The Morgan fingerprint density at radius 3 is 2.43 bits per heavy atom. The van der Waals surface area contributed by atoms with E-state index < -0.39 is 12.8 Å². The first-order valence-electron chi connectivity index (χ1n) is 6.25. The molecular formula is C12H15F3N4O2. The van der Waals surface area contributed by atoms with Gasteiger partial charge < -0.3 is 15.4 Å². The van der Waals surface area contributed by atoms with Gasteiger partial charge >= 0.3 is 12.2 Å². The lowest BCUT2D eigenvalue weighted by atomic mass is 10.3. The third-order valence-corrected chi connectivity index (χ3v) is 2.67. The Morgan fingerprint density at radius 2 is 1.86 bits per heavy atom. The Labute approximate surface area is 119 Å². The van der Waals surface area contributed by atoms with E-state index in [1.807, 2.05) is 0 Å². The number of nitrogens with one attached hydrogen (secondary N) is 4. The number of carbonyl (C=O) groups excluding carboxylic acids is 1. The van der Waals surface area contributed by atoms with Crippen molar-refractivity contribution < 1.29 is 22.7 Å². The number of benzene rings is 1. The van der Waals surface area contributed by atoms with E-state index in [9.17, 15) is 18.0 Å². The van der Waals surface area contributed by atoms with Crippen molar-refractivity contribution in [2.45, 2.75) is 12.2 Å². The Morgan fingerprint density at radius 1 is 1.24 bits per heavy atom. The molecule has 6 nitrogen and oxygen atoms in total. The van der Waals surface area contributed by atoms with Crippen molar-refractivity contribution in [3.8, 4) is 5.75 Å². The quantitative estimate of drug-likeness (QED) is 0.675. The van der Waals surface area contributed by atoms with Crippen molar-refractivity contribution in [3.63, 3.8) is 0 Å². The van der Waals surface area contributed by atoms with Gasteiger partial charge in [-0.05, 0) is 24.3 Å². The van der Waals surface area contributed by atoms with Gasteiger partial charge in [-0.2, -0.15) is 13.2 Å². The molecule has 0 aromatic heterocycles. The first kappa shape index (κ1) is 15.4. The fourth-order valence-corrected chi connectivity index (χ4v) is 1.72. The number of anilines is 1. The molecule has 2 rings (SSSR count). The highest BCUT2D eigenvalue weighted by Crippen LogP contribution is 2.20. The third-order valence-electron chi connectivity index (χ3n) is 2.67. The summed E-state index contributed by atoms with van der Waals surface area (Å²) in [7, 11) is 0. The van der Waals surface area contributed by atoms with Gasteiger partial charge in [-0.1, -0.05) is 0 Å². The minimum Gasteiger partial charge on any atom is -0.484 e. The van der Waals surface area contributed by atoms with Gasteiger partial charge in [0.05, 0.1) is 6.04 Å². The van der Waals surface area contributed by atoms with Crippen LogP contribution in [0.5, 0.6) is 5.75 Å². The van der Waals surface area contributed by atoms with E-state index in [4.69, 9.17) is 0 Å². The topological polar surface area (TPSA) is 74.4 Å². The van der Waals surface area contributed by atoms with Gasteiger partial charge in [0.15, 0.2) is 6.61 Å². The molecule has 1 aliphatic rings. The lowest BCUT2D eigenvalue weighted by Gasteiger charge is -2.12. The Kier molecular flexibility index (Phi) is 4.86. The number of ether oxygens (including phenoxy) is 1. The normalized spacial score (nSPS) is 15.8. The lowest BCUT2D eigenvalue weighted by molar-refractivity contribution is -0.153. The molecule has 0 bridgehead atoms. The second-order valence-corrected chi connectivity index (χ2v) is 4.49. The van der Waals surface area contributed by atoms with Gasteiger partial charge in [0, 0.05) is 18.8 Å². The fourth-order valence-electron chi connectivity index (χ4n) is 1.72. The van der Waals surface area contributed by atoms with Crippen LogP contribution in [0, 0.1) is 0 Å². The highest BCUT2D eigenvalue weighted by Gasteiger charge is 2.28. The highest BCUT2D eigenvalue weighted by atomic mass is 19.4. The summed E-state index contributed by atoms with van der Waals surface area (Å²) >= 11 is 0. The van der Waals surface area contributed by atoms with E-state index in [-0.39, 0.29) is 17.8 Å². The molecule has 0 aliphatic carbocycles. The summed E-state index contributed by atoms with van der Waals surface area (Å²) < 4.78 is 40.5. The number of carbonyl (C=O) groups is 1. The second kappa shape index (κ2) is 6.64. The molecule has 1 heterocycles. The van der Waals surface area contributed by atoms with Crippen LogP contribution in [-0.4, -0.2) is 37.9 Å². The first-order chi connectivity index (χ1) is 9.92. The Balaban J connectivity index is 1.80. The zero-order valence-electron chi connectivity index (χ0n) is 11.0. The molecule has 1 aromatic carbocycles. The van der Waals surface area contributed by atoms with Crippen molar-refractivity contribution in [2.75, 3.05) is 25.0 Å². The average molecular weight is 304 g/mol. The number of hydrogen-bond donors (Lipinski definition) is 4. The van der Waals surface area contributed by atoms with Crippen LogP contribution in [0.25, 0.3) is 0 Å². The summed E-state index contributed by atoms with van der Waals surface area (Å²) in [6, 6.07) is 5.27. The van der Waals surface area contributed by atoms with Crippen LogP contribution in [0.4, 0.5) is 23.7 Å². The van der Waals surface area contributed by atoms with Crippen molar-refractivity contribution in [3.05, 3.63) is 24.3 Å². The lowest BCUT2D eigenvalue weighted by Crippen LogP contribution is -2.40. The molecule has 1 aliphatic heterocycles. The summed E-state index contributed by atoms with van der Waals surface area (Å²) in [5.41, 5.74) is 6.21. The number of rotatable bonds is 4.